The van der Waals surface area contributed by atoms with Gasteiger partial charge in [-0.25, -0.2) is 13.2 Å². The number of ether oxygens (including phenoxy) is 2. The maximum atomic E-state index is 12.7. The summed E-state index contributed by atoms with van der Waals surface area (Å²) in [4.78, 5) is 24.9. The van der Waals surface area contributed by atoms with Crippen LogP contribution >= 0.6 is 0 Å². The molecule has 33 heavy (non-hydrogen) atoms. The molecular formula is C23H31N3O6S. The van der Waals surface area contributed by atoms with Crippen LogP contribution in [0.25, 0.3) is 0 Å². The minimum atomic E-state index is -3.68. The summed E-state index contributed by atoms with van der Waals surface area (Å²) < 4.78 is 37.3. The molecule has 2 atom stereocenters. The second-order valence-electron chi connectivity index (χ2n) is 7.51. The Morgan fingerprint density at radius 1 is 1.03 bits per heavy atom. The molecule has 2 aromatic rings. The Morgan fingerprint density at radius 2 is 1.70 bits per heavy atom. The quantitative estimate of drug-likeness (QED) is 0.432. The Morgan fingerprint density at radius 3 is 2.30 bits per heavy atom. The summed E-state index contributed by atoms with van der Waals surface area (Å²) >= 11 is 0. The van der Waals surface area contributed by atoms with Crippen molar-refractivity contribution in [1.29, 1.82) is 0 Å². The Kier molecular flexibility index (Phi) is 9.99. The van der Waals surface area contributed by atoms with Gasteiger partial charge in [-0.15, -0.1) is 0 Å². The smallest absolute Gasteiger partial charge is 0.408 e. The summed E-state index contributed by atoms with van der Waals surface area (Å²) in [6, 6.07) is 14.8. The van der Waals surface area contributed by atoms with Gasteiger partial charge in [-0.05, 0) is 35.7 Å². The number of methoxy groups -OCH3 is 1. The minimum absolute atomic E-state index is 0.0802. The monoisotopic (exact) mass is 477 g/mol. The van der Waals surface area contributed by atoms with E-state index in [1.807, 2.05) is 44.2 Å². The number of nitrogens with one attached hydrogen (secondary N) is 3. The first kappa shape index (κ1) is 26.0. The molecule has 1 unspecified atom stereocenters. The van der Waals surface area contributed by atoms with E-state index in [9.17, 15) is 18.0 Å². The fraction of sp³-hybridized carbons (Fsp3) is 0.391. The molecule has 9 nitrogen and oxygen atoms in total. The number of carbonyl (C=O) groups is 2. The van der Waals surface area contributed by atoms with Crippen molar-refractivity contribution in [1.82, 2.24) is 10.6 Å². The van der Waals surface area contributed by atoms with Gasteiger partial charge in [-0.2, -0.15) is 0 Å². The van der Waals surface area contributed by atoms with Gasteiger partial charge in [-0.1, -0.05) is 50.6 Å². The highest BCUT2D eigenvalue weighted by atomic mass is 32.2. The highest BCUT2D eigenvalue weighted by Crippen LogP contribution is 2.16. The first-order valence-corrected chi connectivity index (χ1v) is 12.3. The molecule has 0 radical (unpaired) electrons. The zero-order chi connectivity index (χ0) is 24.3. The molecule has 2 aromatic carbocycles. The fourth-order valence-electron chi connectivity index (χ4n) is 2.90. The van der Waals surface area contributed by atoms with Crippen molar-refractivity contribution in [3.63, 3.8) is 0 Å². The molecule has 2 rings (SSSR count). The number of alkyl carbamates (subject to hydrolysis) is 1. The topological polar surface area (TPSA) is 123 Å². The first-order chi connectivity index (χ1) is 15.7. The van der Waals surface area contributed by atoms with Crippen molar-refractivity contribution in [3.8, 4) is 5.75 Å². The second-order valence-corrected chi connectivity index (χ2v) is 9.35. The van der Waals surface area contributed by atoms with E-state index in [4.69, 9.17) is 9.47 Å². The van der Waals surface area contributed by atoms with Gasteiger partial charge in [0.1, 0.15) is 18.4 Å². The molecule has 0 aliphatic rings. The van der Waals surface area contributed by atoms with Crippen LogP contribution in [0.4, 0.5) is 10.5 Å². The van der Waals surface area contributed by atoms with Gasteiger partial charge in [0.2, 0.25) is 15.9 Å². The summed E-state index contributed by atoms with van der Waals surface area (Å²) in [5.74, 6) is -0.365. The number of amides is 2. The molecule has 0 saturated carbocycles. The van der Waals surface area contributed by atoms with Gasteiger partial charge in [0.15, 0.2) is 0 Å². The summed E-state index contributed by atoms with van der Waals surface area (Å²) in [6.07, 6.45) is -0.0814. The van der Waals surface area contributed by atoms with E-state index < -0.39 is 28.1 Å². The van der Waals surface area contributed by atoms with Crippen LogP contribution in [0.1, 0.15) is 25.8 Å². The zero-order valence-corrected chi connectivity index (χ0v) is 19.9. The lowest BCUT2D eigenvalue weighted by Gasteiger charge is -2.23. The van der Waals surface area contributed by atoms with Crippen molar-refractivity contribution < 1.29 is 27.5 Å². The average molecular weight is 478 g/mol. The van der Waals surface area contributed by atoms with Crippen LogP contribution in [0.2, 0.25) is 0 Å². The maximum absolute atomic E-state index is 12.7. The van der Waals surface area contributed by atoms with Gasteiger partial charge < -0.3 is 20.1 Å². The van der Waals surface area contributed by atoms with E-state index in [-0.39, 0.29) is 24.8 Å². The van der Waals surface area contributed by atoms with Crippen molar-refractivity contribution in [3.05, 3.63) is 60.2 Å². The van der Waals surface area contributed by atoms with Crippen LogP contribution in [-0.4, -0.2) is 45.9 Å². The van der Waals surface area contributed by atoms with Gasteiger partial charge in [0, 0.05) is 12.2 Å². The van der Waals surface area contributed by atoms with Crippen LogP contribution in [0.5, 0.6) is 5.75 Å². The molecule has 0 aromatic heterocycles. The number of rotatable bonds is 12. The van der Waals surface area contributed by atoms with E-state index in [0.717, 1.165) is 5.56 Å². The molecular weight excluding hydrogens is 446 g/mol. The molecule has 0 spiro atoms. The van der Waals surface area contributed by atoms with Crippen LogP contribution in [0.3, 0.4) is 0 Å². The van der Waals surface area contributed by atoms with Gasteiger partial charge >= 0.3 is 6.09 Å². The lowest BCUT2D eigenvalue weighted by molar-refractivity contribution is -0.124. The van der Waals surface area contributed by atoms with Crippen molar-refractivity contribution in [2.45, 2.75) is 32.9 Å². The van der Waals surface area contributed by atoms with Crippen LogP contribution in [0.15, 0.2) is 54.6 Å². The lowest BCUT2D eigenvalue weighted by Crippen LogP contribution is -2.51. The lowest BCUT2D eigenvalue weighted by atomic mass is 9.98. The van der Waals surface area contributed by atoms with Crippen molar-refractivity contribution in [2.24, 2.45) is 5.92 Å². The predicted molar refractivity (Wildman–Crippen MR) is 126 cm³/mol. The second kappa shape index (κ2) is 12.7. The molecule has 0 heterocycles. The summed E-state index contributed by atoms with van der Waals surface area (Å²) in [6.45, 7) is 3.68. The molecule has 0 saturated heterocycles. The van der Waals surface area contributed by atoms with Gasteiger partial charge in [0.05, 0.1) is 12.9 Å². The minimum Gasteiger partial charge on any atom is -0.497 e. The molecule has 180 valence electrons. The van der Waals surface area contributed by atoms with E-state index in [1.165, 1.54) is 7.11 Å². The van der Waals surface area contributed by atoms with Crippen LogP contribution < -0.4 is 20.1 Å². The maximum Gasteiger partial charge on any atom is 0.408 e. The standard InChI is InChI=1S/C23H31N3O6S/c1-4-17(2)21(25-23(28)32-16-18-8-6-5-7-9-18)22(27)24-14-15-33(29,30)26-19-10-12-20(31-3)13-11-19/h5-13,17,21,26H,4,14-16H2,1-3H3,(H,24,27)(H,25,28)/t17?,21-/m0/s1. The van der Waals surface area contributed by atoms with Crippen LogP contribution in [-0.2, 0) is 26.2 Å². The van der Waals surface area contributed by atoms with E-state index >= 15 is 0 Å². The molecule has 3 N–H and O–H groups in total. The number of carbonyl (C=O) groups excluding carboxylic acids is 2. The van der Waals surface area contributed by atoms with Crippen LogP contribution in [0, 0.1) is 5.92 Å². The van der Waals surface area contributed by atoms with E-state index in [2.05, 4.69) is 15.4 Å². The third kappa shape index (κ3) is 9.01. The normalized spacial score (nSPS) is 12.8. The van der Waals surface area contributed by atoms with Crippen molar-refractivity contribution >= 4 is 27.7 Å². The number of hydrogen-bond donors (Lipinski definition) is 3. The highest BCUT2D eigenvalue weighted by Gasteiger charge is 2.26. The van der Waals surface area contributed by atoms with E-state index in [0.29, 0.717) is 17.9 Å². The third-order valence-electron chi connectivity index (χ3n) is 5.01. The molecule has 10 heteroatoms. The Labute approximate surface area is 194 Å². The zero-order valence-electron chi connectivity index (χ0n) is 19.0. The summed E-state index contributed by atoms with van der Waals surface area (Å²) in [5.41, 5.74) is 1.22. The molecule has 0 aliphatic carbocycles. The number of anilines is 1. The summed E-state index contributed by atoms with van der Waals surface area (Å²) in [5, 5.41) is 5.17. The summed E-state index contributed by atoms with van der Waals surface area (Å²) in [7, 11) is -2.16. The average Bonchev–Trinajstić information content (AvgIpc) is 2.81. The number of benzene rings is 2. The SMILES string of the molecule is CCC(C)[C@H](NC(=O)OCc1ccccc1)C(=O)NCCS(=O)(=O)Nc1ccc(OC)cc1. The highest BCUT2D eigenvalue weighted by molar-refractivity contribution is 7.92. The Hall–Kier alpha value is -3.27. The third-order valence-corrected chi connectivity index (χ3v) is 6.30. The molecule has 0 aliphatic heterocycles. The number of hydrogen-bond acceptors (Lipinski definition) is 6. The van der Waals surface area contributed by atoms with Gasteiger partial charge in [0.25, 0.3) is 0 Å². The largest absolute Gasteiger partial charge is 0.497 e. The predicted octanol–water partition coefficient (Wildman–Crippen LogP) is 2.89. The molecule has 0 bridgehead atoms. The van der Waals surface area contributed by atoms with Gasteiger partial charge in [-0.3, -0.25) is 9.52 Å². The Bertz CT molecular complexity index is 997. The van der Waals surface area contributed by atoms with E-state index in [1.54, 1.807) is 24.3 Å². The molecule has 0 fully saturated rings. The Balaban J connectivity index is 1.85. The fourth-order valence-corrected chi connectivity index (χ4v) is 3.87. The van der Waals surface area contributed by atoms with Crippen molar-refractivity contribution in [2.75, 3.05) is 24.1 Å². The number of sulfonamides is 1. The molecule has 2 amide bonds. The first-order valence-electron chi connectivity index (χ1n) is 10.6.